The fourth-order valence-electron chi connectivity index (χ4n) is 1.69. The molecule has 0 fully saturated rings. The van der Waals surface area contributed by atoms with Gasteiger partial charge in [-0.05, 0) is 58.2 Å². The van der Waals surface area contributed by atoms with Crippen LogP contribution in [0.2, 0.25) is 5.02 Å². The Morgan fingerprint density at radius 2 is 2.00 bits per heavy atom. The molecule has 0 aliphatic carbocycles. The van der Waals surface area contributed by atoms with Crippen molar-refractivity contribution in [2.45, 2.75) is 19.5 Å². The fraction of sp³-hybridized carbons (Fsp3) is 0.214. The summed E-state index contributed by atoms with van der Waals surface area (Å²) < 4.78 is 0.931. The molecule has 0 aliphatic heterocycles. The highest BCUT2D eigenvalue weighted by molar-refractivity contribution is 9.10. The van der Waals surface area contributed by atoms with E-state index in [1.54, 1.807) is 0 Å². The molecule has 0 radical (unpaired) electrons. The van der Waals surface area contributed by atoms with Crippen molar-refractivity contribution in [2.24, 2.45) is 0 Å². The Balaban J connectivity index is 1.97. The van der Waals surface area contributed by atoms with E-state index in [-0.39, 0.29) is 0 Å². The molecule has 1 aromatic carbocycles. The largest absolute Gasteiger partial charge is 0.306 e. The van der Waals surface area contributed by atoms with E-state index in [1.165, 1.54) is 11.1 Å². The SMILES string of the molecule is CC(NCc1ccc(Cl)c(Br)c1)c1ccncc1. The summed E-state index contributed by atoms with van der Waals surface area (Å²) in [6.07, 6.45) is 3.62. The van der Waals surface area contributed by atoms with Crippen LogP contribution in [0.1, 0.15) is 24.1 Å². The van der Waals surface area contributed by atoms with Crippen LogP contribution in [-0.4, -0.2) is 4.98 Å². The maximum absolute atomic E-state index is 5.97. The highest BCUT2D eigenvalue weighted by atomic mass is 79.9. The topological polar surface area (TPSA) is 24.9 Å². The van der Waals surface area contributed by atoms with Crippen LogP contribution < -0.4 is 5.32 Å². The summed E-state index contributed by atoms with van der Waals surface area (Å²) in [5.74, 6) is 0. The molecule has 2 rings (SSSR count). The van der Waals surface area contributed by atoms with E-state index in [9.17, 15) is 0 Å². The van der Waals surface area contributed by atoms with Crippen molar-refractivity contribution in [1.82, 2.24) is 10.3 Å². The molecule has 18 heavy (non-hydrogen) atoms. The van der Waals surface area contributed by atoms with Gasteiger partial charge in [-0.25, -0.2) is 0 Å². The van der Waals surface area contributed by atoms with Crippen LogP contribution in [-0.2, 0) is 6.54 Å². The molecule has 1 aromatic heterocycles. The average Bonchev–Trinajstić information content (AvgIpc) is 2.41. The normalized spacial score (nSPS) is 12.4. The minimum atomic E-state index is 0.294. The minimum Gasteiger partial charge on any atom is -0.306 e. The summed E-state index contributed by atoms with van der Waals surface area (Å²) in [5.41, 5.74) is 2.44. The van der Waals surface area contributed by atoms with Gasteiger partial charge in [-0.15, -0.1) is 0 Å². The van der Waals surface area contributed by atoms with Crippen molar-refractivity contribution in [3.63, 3.8) is 0 Å². The molecule has 1 heterocycles. The molecule has 0 bridgehead atoms. The standard InChI is InChI=1S/C14H14BrClN2/c1-10(12-4-6-17-7-5-12)18-9-11-2-3-14(16)13(15)8-11/h2-8,10,18H,9H2,1H3. The maximum Gasteiger partial charge on any atom is 0.0548 e. The third kappa shape index (κ3) is 3.55. The molecule has 94 valence electrons. The lowest BCUT2D eigenvalue weighted by Gasteiger charge is -2.14. The van der Waals surface area contributed by atoms with Crippen molar-refractivity contribution in [2.75, 3.05) is 0 Å². The lowest BCUT2D eigenvalue weighted by atomic mass is 10.1. The Bertz CT molecular complexity index is 516. The number of nitrogens with one attached hydrogen (secondary N) is 1. The number of benzene rings is 1. The van der Waals surface area contributed by atoms with Gasteiger partial charge in [-0.3, -0.25) is 4.98 Å². The van der Waals surface area contributed by atoms with Crippen molar-refractivity contribution in [3.8, 4) is 0 Å². The van der Waals surface area contributed by atoms with Gasteiger partial charge in [-0.2, -0.15) is 0 Å². The van der Waals surface area contributed by atoms with Crippen LogP contribution in [0.25, 0.3) is 0 Å². The second-order valence-electron chi connectivity index (χ2n) is 4.13. The molecule has 0 amide bonds. The summed E-state index contributed by atoms with van der Waals surface area (Å²) >= 11 is 9.40. The van der Waals surface area contributed by atoms with Crippen molar-refractivity contribution >= 4 is 27.5 Å². The molecule has 1 unspecified atom stereocenters. The van der Waals surface area contributed by atoms with E-state index in [0.717, 1.165) is 16.0 Å². The summed E-state index contributed by atoms with van der Waals surface area (Å²) in [5, 5.41) is 4.21. The number of hydrogen-bond acceptors (Lipinski definition) is 2. The Kier molecular flexibility index (Phi) is 4.75. The lowest BCUT2D eigenvalue weighted by Crippen LogP contribution is -2.18. The first kappa shape index (κ1) is 13.5. The van der Waals surface area contributed by atoms with Gasteiger partial charge in [0.05, 0.1) is 5.02 Å². The molecule has 1 atom stereocenters. The first-order valence-electron chi connectivity index (χ1n) is 5.74. The zero-order chi connectivity index (χ0) is 13.0. The number of aromatic nitrogens is 1. The van der Waals surface area contributed by atoms with Gasteiger partial charge in [0.15, 0.2) is 0 Å². The Morgan fingerprint density at radius 3 is 2.67 bits per heavy atom. The molecular weight excluding hydrogens is 312 g/mol. The van der Waals surface area contributed by atoms with Gasteiger partial charge >= 0.3 is 0 Å². The molecule has 0 aliphatic rings. The van der Waals surface area contributed by atoms with Crippen LogP contribution in [0.15, 0.2) is 47.2 Å². The lowest BCUT2D eigenvalue weighted by molar-refractivity contribution is 0.574. The summed E-state index contributed by atoms with van der Waals surface area (Å²) in [4.78, 5) is 4.02. The second-order valence-corrected chi connectivity index (χ2v) is 5.39. The highest BCUT2D eigenvalue weighted by Gasteiger charge is 2.05. The van der Waals surface area contributed by atoms with Gasteiger partial charge in [-0.1, -0.05) is 17.7 Å². The Morgan fingerprint density at radius 1 is 1.28 bits per heavy atom. The summed E-state index contributed by atoms with van der Waals surface area (Å²) in [7, 11) is 0. The third-order valence-corrected chi connectivity index (χ3v) is 4.02. The van der Waals surface area contributed by atoms with E-state index in [2.05, 4.69) is 33.2 Å². The van der Waals surface area contributed by atoms with Gasteiger partial charge in [0.2, 0.25) is 0 Å². The Labute approximate surface area is 121 Å². The summed E-state index contributed by atoms with van der Waals surface area (Å²) in [6.45, 7) is 2.94. The van der Waals surface area contributed by atoms with E-state index < -0.39 is 0 Å². The van der Waals surface area contributed by atoms with Gasteiger partial charge in [0.25, 0.3) is 0 Å². The van der Waals surface area contributed by atoms with Gasteiger partial charge in [0, 0.05) is 29.5 Å². The monoisotopic (exact) mass is 324 g/mol. The number of pyridine rings is 1. The van der Waals surface area contributed by atoms with Gasteiger partial charge < -0.3 is 5.32 Å². The molecule has 0 saturated carbocycles. The third-order valence-electron chi connectivity index (χ3n) is 2.80. The molecule has 4 heteroatoms. The predicted octanol–water partition coefficient (Wildman–Crippen LogP) is 4.35. The van der Waals surface area contributed by atoms with E-state index in [4.69, 9.17) is 11.6 Å². The average molecular weight is 326 g/mol. The van der Waals surface area contributed by atoms with Crippen molar-refractivity contribution in [1.29, 1.82) is 0 Å². The minimum absolute atomic E-state index is 0.294. The van der Waals surface area contributed by atoms with E-state index in [0.29, 0.717) is 6.04 Å². The smallest absolute Gasteiger partial charge is 0.0548 e. The van der Waals surface area contributed by atoms with Crippen LogP contribution in [0.5, 0.6) is 0 Å². The van der Waals surface area contributed by atoms with E-state index >= 15 is 0 Å². The Hall–Kier alpha value is -0.900. The number of halogens is 2. The van der Waals surface area contributed by atoms with Crippen LogP contribution in [0.3, 0.4) is 0 Å². The first-order valence-corrected chi connectivity index (χ1v) is 6.91. The quantitative estimate of drug-likeness (QED) is 0.904. The molecule has 2 nitrogen and oxygen atoms in total. The van der Waals surface area contributed by atoms with Crippen LogP contribution >= 0.6 is 27.5 Å². The zero-order valence-electron chi connectivity index (χ0n) is 10.0. The molecule has 2 aromatic rings. The summed E-state index contributed by atoms with van der Waals surface area (Å²) in [6, 6.07) is 10.3. The second kappa shape index (κ2) is 6.32. The van der Waals surface area contributed by atoms with Crippen molar-refractivity contribution in [3.05, 3.63) is 63.3 Å². The highest BCUT2D eigenvalue weighted by Crippen LogP contribution is 2.23. The number of rotatable bonds is 4. The number of nitrogens with zero attached hydrogens (tertiary/aromatic N) is 1. The zero-order valence-corrected chi connectivity index (χ0v) is 12.4. The number of hydrogen-bond donors (Lipinski definition) is 1. The van der Waals surface area contributed by atoms with Crippen LogP contribution in [0, 0.1) is 0 Å². The predicted molar refractivity (Wildman–Crippen MR) is 78.6 cm³/mol. The maximum atomic E-state index is 5.97. The molecular formula is C14H14BrClN2. The van der Waals surface area contributed by atoms with E-state index in [1.807, 2.05) is 42.7 Å². The van der Waals surface area contributed by atoms with Crippen molar-refractivity contribution < 1.29 is 0 Å². The molecule has 0 saturated heterocycles. The first-order chi connectivity index (χ1) is 8.66. The fourth-order valence-corrected chi connectivity index (χ4v) is 2.23. The molecule has 0 spiro atoms. The molecule has 1 N–H and O–H groups in total. The van der Waals surface area contributed by atoms with Crippen LogP contribution in [0.4, 0.5) is 0 Å². The van der Waals surface area contributed by atoms with Gasteiger partial charge in [0.1, 0.15) is 0 Å².